The topological polar surface area (TPSA) is 45.2 Å². The predicted molar refractivity (Wildman–Crippen MR) is 120 cm³/mol. The standard InChI is InChI=1S/C24H31N3O3/c1-29-21-7-3-6-20(18-21)25-13-15-27(16-14-25)24(28)10-12-26-11-4-5-19-17-22(30-2)8-9-23(19)26/h3,6-9,17-18H,4-5,10-16H2,1-2H3. The summed E-state index contributed by atoms with van der Waals surface area (Å²) in [5.74, 6) is 2.02. The van der Waals surface area contributed by atoms with E-state index >= 15 is 0 Å². The second-order valence-electron chi connectivity index (χ2n) is 7.90. The number of anilines is 2. The van der Waals surface area contributed by atoms with Gasteiger partial charge in [0.1, 0.15) is 11.5 Å². The van der Waals surface area contributed by atoms with Gasteiger partial charge in [0.05, 0.1) is 14.2 Å². The first-order valence-corrected chi connectivity index (χ1v) is 10.8. The molecule has 0 atom stereocenters. The molecule has 6 nitrogen and oxygen atoms in total. The summed E-state index contributed by atoms with van der Waals surface area (Å²) in [7, 11) is 3.39. The molecule has 0 bridgehead atoms. The van der Waals surface area contributed by atoms with E-state index in [2.05, 4.69) is 34.1 Å². The van der Waals surface area contributed by atoms with Gasteiger partial charge in [-0.3, -0.25) is 4.79 Å². The van der Waals surface area contributed by atoms with Crippen LogP contribution < -0.4 is 19.3 Å². The van der Waals surface area contributed by atoms with Crippen molar-refractivity contribution in [3.63, 3.8) is 0 Å². The van der Waals surface area contributed by atoms with E-state index in [-0.39, 0.29) is 5.91 Å². The van der Waals surface area contributed by atoms with Gasteiger partial charge in [0.2, 0.25) is 5.91 Å². The molecule has 4 rings (SSSR count). The SMILES string of the molecule is COc1cccc(N2CCN(C(=O)CCN3CCCc4cc(OC)ccc43)CC2)c1. The molecule has 0 aliphatic carbocycles. The molecule has 0 spiro atoms. The summed E-state index contributed by atoms with van der Waals surface area (Å²) < 4.78 is 10.7. The number of methoxy groups -OCH3 is 2. The van der Waals surface area contributed by atoms with Crippen LogP contribution in [0.3, 0.4) is 0 Å². The van der Waals surface area contributed by atoms with Crippen molar-refractivity contribution in [2.75, 3.05) is 63.3 Å². The van der Waals surface area contributed by atoms with Gasteiger partial charge in [0, 0.05) is 63.1 Å². The molecule has 2 aliphatic heterocycles. The van der Waals surface area contributed by atoms with E-state index in [1.807, 2.05) is 23.1 Å². The number of benzene rings is 2. The van der Waals surface area contributed by atoms with Gasteiger partial charge in [-0.25, -0.2) is 0 Å². The van der Waals surface area contributed by atoms with Crippen molar-refractivity contribution in [3.05, 3.63) is 48.0 Å². The van der Waals surface area contributed by atoms with Crippen LogP contribution in [-0.2, 0) is 11.2 Å². The highest BCUT2D eigenvalue weighted by molar-refractivity contribution is 5.77. The van der Waals surface area contributed by atoms with Crippen LogP contribution in [0.5, 0.6) is 11.5 Å². The Bertz CT molecular complexity index is 878. The van der Waals surface area contributed by atoms with E-state index in [1.165, 1.54) is 11.3 Å². The zero-order valence-corrected chi connectivity index (χ0v) is 18.0. The summed E-state index contributed by atoms with van der Waals surface area (Å²) in [6.45, 7) is 5.02. The fourth-order valence-electron chi connectivity index (χ4n) is 4.42. The molecular formula is C24H31N3O3. The van der Waals surface area contributed by atoms with Crippen molar-refractivity contribution in [1.82, 2.24) is 4.90 Å². The Morgan fingerprint density at radius 3 is 2.47 bits per heavy atom. The average Bonchev–Trinajstić information content (AvgIpc) is 2.82. The van der Waals surface area contributed by atoms with Crippen molar-refractivity contribution in [2.24, 2.45) is 0 Å². The zero-order chi connectivity index (χ0) is 20.9. The Morgan fingerprint density at radius 1 is 0.933 bits per heavy atom. The molecule has 0 unspecified atom stereocenters. The lowest BCUT2D eigenvalue weighted by Gasteiger charge is -2.37. The van der Waals surface area contributed by atoms with Crippen LogP contribution in [0.1, 0.15) is 18.4 Å². The van der Waals surface area contributed by atoms with Gasteiger partial charge in [-0.2, -0.15) is 0 Å². The number of fused-ring (bicyclic) bond motifs is 1. The molecule has 2 heterocycles. The summed E-state index contributed by atoms with van der Waals surface area (Å²) in [6, 6.07) is 14.4. The van der Waals surface area contributed by atoms with Gasteiger partial charge in [-0.1, -0.05) is 6.07 Å². The molecule has 0 N–H and O–H groups in total. The summed E-state index contributed by atoms with van der Waals surface area (Å²) in [5.41, 5.74) is 3.72. The van der Waals surface area contributed by atoms with Crippen molar-refractivity contribution < 1.29 is 14.3 Å². The summed E-state index contributed by atoms with van der Waals surface area (Å²) in [6.07, 6.45) is 2.75. The normalized spacial score (nSPS) is 16.3. The molecule has 6 heteroatoms. The number of nitrogens with zero attached hydrogens (tertiary/aromatic N) is 3. The summed E-state index contributed by atoms with van der Waals surface area (Å²) in [5, 5.41) is 0. The maximum absolute atomic E-state index is 12.8. The second kappa shape index (κ2) is 9.28. The number of carbonyl (C=O) groups is 1. The van der Waals surface area contributed by atoms with Gasteiger partial charge in [-0.05, 0) is 48.7 Å². The molecule has 2 aromatic rings. The molecular weight excluding hydrogens is 378 g/mol. The van der Waals surface area contributed by atoms with Crippen LogP contribution in [0.2, 0.25) is 0 Å². The van der Waals surface area contributed by atoms with E-state index in [9.17, 15) is 4.79 Å². The first kappa shape index (κ1) is 20.4. The van der Waals surface area contributed by atoms with Crippen LogP contribution in [0, 0.1) is 0 Å². The number of hydrogen-bond acceptors (Lipinski definition) is 5. The van der Waals surface area contributed by atoms with Crippen LogP contribution in [0.25, 0.3) is 0 Å². The van der Waals surface area contributed by atoms with Gasteiger partial charge >= 0.3 is 0 Å². The van der Waals surface area contributed by atoms with E-state index in [0.717, 1.165) is 69.3 Å². The number of amides is 1. The smallest absolute Gasteiger partial charge is 0.224 e. The maximum atomic E-state index is 12.8. The predicted octanol–water partition coefficient (Wildman–Crippen LogP) is 3.20. The van der Waals surface area contributed by atoms with E-state index in [0.29, 0.717) is 6.42 Å². The molecule has 1 fully saturated rings. The third-order valence-corrected chi connectivity index (χ3v) is 6.15. The third kappa shape index (κ3) is 4.48. The lowest BCUT2D eigenvalue weighted by molar-refractivity contribution is -0.131. The monoisotopic (exact) mass is 409 g/mol. The number of hydrogen-bond donors (Lipinski definition) is 0. The highest BCUT2D eigenvalue weighted by Crippen LogP contribution is 2.30. The largest absolute Gasteiger partial charge is 0.497 e. The first-order valence-electron chi connectivity index (χ1n) is 10.8. The van der Waals surface area contributed by atoms with E-state index in [1.54, 1.807) is 14.2 Å². The van der Waals surface area contributed by atoms with Gasteiger partial charge in [0.25, 0.3) is 0 Å². The van der Waals surface area contributed by atoms with Crippen LogP contribution in [0.4, 0.5) is 11.4 Å². The lowest BCUT2D eigenvalue weighted by atomic mass is 10.0. The van der Waals surface area contributed by atoms with Crippen LogP contribution in [-0.4, -0.2) is 64.3 Å². The second-order valence-corrected chi connectivity index (χ2v) is 7.90. The highest BCUT2D eigenvalue weighted by atomic mass is 16.5. The molecule has 2 aromatic carbocycles. The van der Waals surface area contributed by atoms with Crippen LogP contribution >= 0.6 is 0 Å². The van der Waals surface area contributed by atoms with Crippen molar-refractivity contribution in [3.8, 4) is 11.5 Å². The minimum absolute atomic E-state index is 0.251. The quantitative estimate of drug-likeness (QED) is 0.733. The number of ether oxygens (including phenoxy) is 2. The number of carbonyl (C=O) groups excluding carboxylic acids is 1. The number of piperazine rings is 1. The van der Waals surface area contributed by atoms with Crippen molar-refractivity contribution in [2.45, 2.75) is 19.3 Å². The highest BCUT2D eigenvalue weighted by Gasteiger charge is 2.23. The Hall–Kier alpha value is -2.89. The minimum atomic E-state index is 0.251. The lowest BCUT2D eigenvalue weighted by Crippen LogP contribution is -2.49. The molecule has 30 heavy (non-hydrogen) atoms. The molecule has 0 aromatic heterocycles. The van der Waals surface area contributed by atoms with Gasteiger partial charge in [0.15, 0.2) is 0 Å². The van der Waals surface area contributed by atoms with Crippen LogP contribution in [0.15, 0.2) is 42.5 Å². The average molecular weight is 410 g/mol. The maximum Gasteiger partial charge on any atom is 0.224 e. The van der Waals surface area contributed by atoms with Gasteiger partial charge < -0.3 is 24.2 Å². The fourth-order valence-corrected chi connectivity index (χ4v) is 4.42. The molecule has 1 amide bonds. The number of aryl methyl sites for hydroxylation is 1. The Labute approximate surface area is 179 Å². The van der Waals surface area contributed by atoms with E-state index in [4.69, 9.17) is 9.47 Å². The molecule has 0 saturated carbocycles. The summed E-state index contributed by atoms with van der Waals surface area (Å²) >= 11 is 0. The Kier molecular flexibility index (Phi) is 6.31. The van der Waals surface area contributed by atoms with Crippen molar-refractivity contribution >= 4 is 17.3 Å². The summed E-state index contributed by atoms with van der Waals surface area (Å²) in [4.78, 5) is 19.5. The fraction of sp³-hybridized carbons (Fsp3) is 0.458. The minimum Gasteiger partial charge on any atom is -0.497 e. The van der Waals surface area contributed by atoms with Crippen molar-refractivity contribution in [1.29, 1.82) is 0 Å². The zero-order valence-electron chi connectivity index (χ0n) is 18.0. The van der Waals surface area contributed by atoms with Gasteiger partial charge in [-0.15, -0.1) is 0 Å². The van der Waals surface area contributed by atoms with E-state index < -0.39 is 0 Å². The number of rotatable bonds is 6. The molecule has 2 aliphatic rings. The third-order valence-electron chi connectivity index (χ3n) is 6.15. The Balaban J connectivity index is 1.30. The molecule has 1 saturated heterocycles. The first-order chi connectivity index (χ1) is 14.7. The molecule has 160 valence electrons. The Morgan fingerprint density at radius 2 is 1.70 bits per heavy atom. The molecule has 0 radical (unpaired) electrons.